The Balaban J connectivity index is 1.20. The van der Waals surface area contributed by atoms with Crippen LogP contribution in [0.2, 0.25) is 5.02 Å². The topological polar surface area (TPSA) is 96.7 Å². The summed E-state index contributed by atoms with van der Waals surface area (Å²) in [5, 5.41) is 4.10. The van der Waals surface area contributed by atoms with E-state index >= 15 is 0 Å². The molecule has 0 atom stereocenters. The smallest absolute Gasteiger partial charge is 0.255 e. The van der Waals surface area contributed by atoms with Gasteiger partial charge >= 0.3 is 0 Å². The third kappa shape index (κ3) is 5.40. The first kappa shape index (κ1) is 25.0. The number of fused-ring (bicyclic) bond motifs is 1. The van der Waals surface area contributed by atoms with Gasteiger partial charge in [0.15, 0.2) is 9.84 Å². The Bertz CT molecular complexity index is 1590. The van der Waals surface area contributed by atoms with Gasteiger partial charge in [-0.15, -0.1) is 0 Å². The summed E-state index contributed by atoms with van der Waals surface area (Å²) in [6.45, 7) is 1.08. The maximum atomic E-state index is 13.1. The van der Waals surface area contributed by atoms with Crippen molar-refractivity contribution in [2.75, 3.05) is 24.7 Å². The van der Waals surface area contributed by atoms with E-state index in [9.17, 15) is 18.0 Å². The molecule has 1 aliphatic rings. The monoisotopic (exact) mass is 536 g/mol. The normalized spacial score (nSPS) is 14.6. The van der Waals surface area contributed by atoms with E-state index < -0.39 is 9.84 Å². The molecule has 1 saturated heterocycles. The van der Waals surface area contributed by atoms with Crippen LogP contribution in [0.25, 0.3) is 11.0 Å². The van der Waals surface area contributed by atoms with Crippen LogP contribution in [0.5, 0.6) is 0 Å². The molecule has 0 saturated carbocycles. The van der Waals surface area contributed by atoms with Gasteiger partial charge in [0.2, 0.25) is 0 Å². The maximum absolute atomic E-state index is 13.1. The first-order valence-electron chi connectivity index (χ1n) is 11.9. The molecule has 9 heteroatoms. The minimum atomic E-state index is -3.44. The molecule has 4 aromatic rings. The third-order valence-electron chi connectivity index (χ3n) is 6.74. The molecule has 190 valence electrons. The minimum absolute atomic E-state index is 0.0730. The quantitative estimate of drug-likeness (QED) is 0.349. The number of nitrogens with one attached hydrogen (secondary N) is 1. The second-order valence-electron chi connectivity index (χ2n) is 9.23. The van der Waals surface area contributed by atoms with Gasteiger partial charge in [0, 0.05) is 36.0 Å². The molecular formula is C28H25ClN2O5S. The maximum Gasteiger partial charge on any atom is 0.255 e. The molecule has 5 rings (SSSR count). The lowest BCUT2D eigenvalue weighted by Crippen LogP contribution is -2.38. The van der Waals surface area contributed by atoms with Crippen molar-refractivity contribution in [3.8, 4) is 0 Å². The van der Waals surface area contributed by atoms with E-state index in [1.54, 1.807) is 23.3 Å². The number of carbonyl (C=O) groups excluding carboxylic acids is 2. The average molecular weight is 537 g/mol. The molecule has 3 aromatic carbocycles. The van der Waals surface area contributed by atoms with Crippen LogP contribution in [0.3, 0.4) is 0 Å². The van der Waals surface area contributed by atoms with Crippen molar-refractivity contribution in [3.05, 3.63) is 94.7 Å². The summed E-state index contributed by atoms with van der Waals surface area (Å²) in [6.07, 6.45) is 4.23. The van der Waals surface area contributed by atoms with Crippen LogP contribution in [-0.4, -0.2) is 44.5 Å². The summed E-state index contributed by atoms with van der Waals surface area (Å²) in [7, 11) is -3.44. The number of furan rings is 1. The molecule has 37 heavy (non-hydrogen) atoms. The van der Waals surface area contributed by atoms with Crippen molar-refractivity contribution < 1.29 is 22.4 Å². The lowest BCUT2D eigenvalue weighted by molar-refractivity contribution is 0.0712. The van der Waals surface area contributed by atoms with Gasteiger partial charge in [-0.25, -0.2) is 8.42 Å². The highest BCUT2D eigenvalue weighted by Gasteiger charge is 2.26. The van der Waals surface area contributed by atoms with Crippen LogP contribution in [0.15, 0.2) is 82.3 Å². The third-order valence-corrected chi connectivity index (χ3v) is 8.18. The van der Waals surface area contributed by atoms with Crippen molar-refractivity contribution in [2.24, 2.45) is 0 Å². The highest BCUT2D eigenvalue weighted by atomic mass is 35.5. The summed E-state index contributed by atoms with van der Waals surface area (Å²) in [5.41, 5.74) is 3.22. The van der Waals surface area contributed by atoms with E-state index in [-0.39, 0.29) is 33.2 Å². The molecule has 0 aliphatic carbocycles. The zero-order valence-electron chi connectivity index (χ0n) is 20.1. The average Bonchev–Trinajstić information content (AvgIpc) is 3.36. The second kappa shape index (κ2) is 10.0. The summed E-state index contributed by atoms with van der Waals surface area (Å²) in [6, 6.07) is 19.2. The summed E-state index contributed by atoms with van der Waals surface area (Å²) < 4.78 is 29.2. The summed E-state index contributed by atoms with van der Waals surface area (Å²) in [5.74, 6) is -0.204. The van der Waals surface area contributed by atoms with Crippen LogP contribution in [-0.2, 0) is 9.84 Å². The fraction of sp³-hybridized carbons (Fsp3) is 0.214. The van der Waals surface area contributed by atoms with Gasteiger partial charge in [0.05, 0.1) is 21.7 Å². The van der Waals surface area contributed by atoms with Crippen LogP contribution in [0.4, 0.5) is 5.69 Å². The van der Waals surface area contributed by atoms with Gasteiger partial charge in [-0.3, -0.25) is 9.59 Å². The number of nitrogens with zero attached hydrogens (tertiary/aromatic N) is 1. The van der Waals surface area contributed by atoms with Gasteiger partial charge in [-0.05, 0) is 72.9 Å². The van der Waals surface area contributed by atoms with Crippen LogP contribution in [0, 0.1) is 0 Å². The van der Waals surface area contributed by atoms with Gasteiger partial charge in [-0.2, -0.15) is 0 Å². The molecule has 1 fully saturated rings. The Morgan fingerprint density at radius 1 is 0.973 bits per heavy atom. The number of hydrogen-bond acceptors (Lipinski definition) is 5. The summed E-state index contributed by atoms with van der Waals surface area (Å²) in [4.78, 5) is 27.5. The number of sulfone groups is 1. The Hall–Kier alpha value is -3.62. The van der Waals surface area contributed by atoms with Crippen molar-refractivity contribution in [2.45, 2.75) is 23.7 Å². The van der Waals surface area contributed by atoms with Crippen molar-refractivity contribution in [1.29, 1.82) is 0 Å². The Labute approximate surface area is 219 Å². The van der Waals surface area contributed by atoms with E-state index in [0.717, 1.165) is 30.0 Å². The van der Waals surface area contributed by atoms with Gasteiger partial charge in [0.1, 0.15) is 5.58 Å². The molecule has 0 radical (unpaired) electrons. The number of anilines is 1. The molecule has 1 aliphatic heterocycles. The van der Waals surface area contributed by atoms with Crippen molar-refractivity contribution >= 4 is 49.9 Å². The first-order chi connectivity index (χ1) is 17.7. The lowest BCUT2D eigenvalue weighted by Gasteiger charge is -2.32. The number of benzene rings is 3. The van der Waals surface area contributed by atoms with E-state index in [1.165, 1.54) is 18.2 Å². The number of rotatable bonds is 5. The Kier molecular flexibility index (Phi) is 6.79. The zero-order valence-corrected chi connectivity index (χ0v) is 21.7. The van der Waals surface area contributed by atoms with Crippen LogP contribution < -0.4 is 5.32 Å². The molecule has 1 aromatic heterocycles. The SMILES string of the molecule is CS(=O)(=O)c1ccc(Cl)c(C(=O)N2CCC(c3ccc(NC(=O)c4ccc5ccoc5c4)cc3)CC2)c1. The van der Waals surface area contributed by atoms with Crippen LogP contribution >= 0.6 is 11.6 Å². The van der Waals surface area contributed by atoms with Crippen molar-refractivity contribution in [1.82, 2.24) is 4.90 Å². The summed E-state index contributed by atoms with van der Waals surface area (Å²) >= 11 is 6.22. The molecule has 7 nitrogen and oxygen atoms in total. The van der Waals surface area contributed by atoms with E-state index in [1.807, 2.05) is 36.4 Å². The fourth-order valence-corrected chi connectivity index (χ4v) is 5.47. The molecule has 0 spiro atoms. The lowest BCUT2D eigenvalue weighted by atomic mass is 9.89. The predicted octanol–water partition coefficient (Wildman–Crippen LogP) is 5.76. The van der Waals surface area contributed by atoms with E-state index in [0.29, 0.717) is 29.9 Å². The highest BCUT2D eigenvalue weighted by molar-refractivity contribution is 7.90. The molecule has 0 bridgehead atoms. The van der Waals surface area contributed by atoms with Gasteiger partial charge < -0.3 is 14.6 Å². The number of carbonyl (C=O) groups is 2. The molecule has 1 N–H and O–H groups in total. The van der Waals surface area contributed by atoms with E-state index in [2.05, 4.69) is 5.32 Å². The van der Waals surface area contributed by atoms with Gasteiger partial charge in [0.25, 0.3) is 11.8 Å². The molecular weight excluding hydrogens is 512 g/mol. The minimum Gasteiger partial charge on any atom is -0.464 e. The number of amides is 2. The first-order valence-corrected chi connectivity index (χ1v) is 14.1. The standard InChI is InChI=1S/C28H25ClN2O5S/c1-37(34,35)23-8-9-25(29)24(17-23)28(33)31-13-10-19(11-14-31)18-4-6-22(7-5-18)30-27(32)21-3-2-20-12-15-36-26(20)16-21/h2-9,12,15-17,19H,10-11,13-14H2,1H3,(H,30,32). The van der Waals surface area contributed by atoms with E-state index in [4.69, 9.17) is 16.0 Å². The Morgan fingerprint density at radius 3 is 2.41 bits per heavy atom. The fourth-order valence-electron chi connectivity index (χ4n) is 4.62. The molecule has 2 heterocycles. The number of halogens is 1. The number of likely N-dealkylation sites (tertiary alicyclic amines) is 1. The zero-order chi connectivity index (χ0) is 26.2. The second-order valence-corrected chi connectivity index (χ2v) is 11.7. The molecule has 2 amide bonds. The number of hydrogen-bond donors (Lipinski definition) is 1. The van der Waals surface area contributed by atoms with Crippen molar-refractivity contribution in [3.63, 3.8) is 0 Å². The highest BCUT2D eigenvalue weighted by Crippen LogP contribution is 2.31. The number of piperidine rings is 1. The largest absolute Gasteiger partial charge is 0.464 e. The van der Waals surface area contributed by atoms with Gasteiger partial charge in [-0.1, -0.05) is 29.8 Å². The van der Waals surface area contributed by atoms with Crippen LogP contribution in [0.1, 0.15) is 45.0 Å². The predicted molar refractivity (Wildman–Crippen MR) is 143 cm³/mol. The molecule has 0 unspecified atom stereocenters. The Morgan fingerprint density at radius 2 is 1.70 bits per heavy atom.